The molecule has 2 N–H and O–H groups in total. The molecule has 7 heteroatoms. The molecular formula is C14H26N4O2S. The third-order valence-corrected chi connectivity index (χ3v) is 4.28. The molecule has 1 rings (SSSR count). The Balaban J connectivity index is 2.50. The van der Waals surface area contributed by atoms with Crippen LogP contribution < -0.4 is 10.0 Å². The molecule has 0 unspecified atom stereocenters. The summed E-state index contributed by atoms with van der Waals surface area (Å²) in [6.07, 6.45) is 3.44. The fourth-order valence-corrected chi connectivity index (χ4v) is 2.76. The first-order chi connectivity index (χ1) is 9.95. The number of nitrogens with one attached hydrogen (secondary N) is 2. The van der Waals surface area contributed by atoms with Crippen molar-refractivity contribution in [2.75, 3.05) is 33.7 Å². The zero-order valence-corrected chi connectivity index (χ0v) is 13.9. The van der Waals surface area contributed by atoms with Gasteiger partial charge in [0.1, 0.15) is 0 Å². The highest BCUT2D eigenvalue weighted by molar-refractivity contribution is 7.89. The van der Waals surface area contributed by atoms with E-state index in [1.54, 1.807) is 18.3 Å². The van der Waals surface area contributed by atoms with Crippen molar-refractivity contribution in [3.8, 4) is 0 Å². The van der Waals surface area contributed by atoms with Gasteiger partial charge in [-0.05, 0) is 51.7 Å². The highest BCUT2D eigenvalue weighted by Crippen LogP contribution is 2.06. The third-order valence-electron chi connectivity index (χ3n) is 2.90. The molecule has 1 aromatic heterocycles. The first-order valence-corrected chi connectivity index (χ1v) is 8.74. The molecule has 0 radical (unpaired) electrons. The second kappa shape index (κ2) is 9.09. The van der Waals surface area contributed by atoms with E-state index >= 15 is 0 Å². The minimum atomic E-state index is -3.50. The highest BCUT2D eigenvalue weighted by Gasteiger charge is 2.14. The van der Waals surface area contributed by atoms with E-state index in [0.29, 0.717) is 13.1 Å². The van der Waals surface area contributed by atoms with Crippen LogP contribution in [0.25, 0.3) is 0 Å². The van der Waals surface area contributed by atoms with Crippen molar-refractivity contribution in [1.29, 1.82) is 0 Å². The summed E-state index contributed by atoms with van der Waals surface area (Å²) in [7, 11) is 0.419. The van der Waals surface area contributed by atoms with Crippen LogP contribution in [0.4, 0.5) is 0 Å². The lowest BCUT2D eigenvalue weighted by atomic mass is 10.3. The SMILES string of the molecule is CCCNCc1ccc(S(=O)(=O)NCCCN(C)C)nc1. The van der Waals surface area contributed by atoms with Crippen LogP contribution in [-0.2, 0) is 16.6 Å². The van der Waals surface area contributed by atoms with Crippen molar-refractivity contribution in [3.05, 3.63) is 23.9 Å². The van der Waals surface area contributed by atoms with Gasteiger partial charge in [0.15, 0.2) is 5.03 Å². The van der Waals surface area contributed by atoms with Crippen LogP contribution in [0, 0.1) is 0 Å². The molecule has 0 atom stereocenters. The maximum atomic E-state index is 12.0. The normalized spacial score (nSPS) is 12.0. The molecule has 0 fully saturated rings. The minimum Gasteiger partial charge on any atom is -0.313 e. The van der Waals surface area contributed by atoms with E-state index in [2.05, 4.69) is 21.9 Å². The second-order valence-electron chi connectivity index (χ2n) is 5.24. The highest BCUT2D eigenvalue weighted by atomic mass is 32.2. The predicted octanol–water partition coefficient (Wildman–Crippen LogP) is 0.811. The van der Waals surface area contributed by atoms with Gasteiger partial charge in [0.25, 0.3) is 10.0 Å². The molecule has 0 spiro atoms. The second-order valence-corrected chi connectivity index (χ2v) is 6.95. The molecule has 0 aliphatic rings. The number of nitrogens with zero attached hydrogens (tertiary/aromatic N) is 2. The monoisotopic (exact) mass is 314 g/mol. The third kappa shape index (κ3) is 6.99. The molecule has 0 saturated carbocycles. The summed E-state index contributed by atoms with van der Waals surface area (Å²) < 4.78 is 26.7. The molecule has 0 aliphatic heterocycles. The molecule has 120 valence electrons. The van der Waals surface area contributed by atoms with Crippen molar-refractivity contribution in [2.24, 2.45) is 0 Å². The lowest BCUT2D eigenvalue weighted by Gasteiger charge is -2.10. The Morgan fingerprint density at radius 2 is 2.00 bits per heavy atom. The van der Waals surface area contributed by atoms with Gasteiger partial charge >= 0.3 is 0 Å². The lowest BCUT2D eigenvalue weighted by Crippen LogP contribution is -2.28. The van der Waals surface area contributed by atoms with E-state index in [9.17, 15) is 8.42 Å². The quantitative estimate of drug-likeness (QED) is 0.625. The van der Waals surface area contributed by atoms with Crippen molar-refractivity contribution in [3.63, 3.8) is 0 Å². The molecule has 0 aliphatic carbocycles. The van der Waals surface area contributed by atoms with Gasteiger partial charge in [-0.2, -0.15) is 0 Å². The molecule has 0 amide bonds. The van der Waals surface area contributed by atoms with Gasteiger partial charge in [0, 0.05) is 19.3 Å². The van der Waals surface area contributed by atoms with Crippen LogP contribution in [0.3, 0.4) is 0 Å². The zero-order valence-electron chi connectivity index (χ0n) is 13.1. The number of aromatic nitrogens is 1. The maximum Gasteiger partial charge on any atom is 0.258 e. The van der Waals surface area contributed by atoms with Crippen molar-refractivity contribution in [1.82, 2.24) is 19.9 Å². The summed E-state index contributed by atoms with van der Waals surface area (Å²) in [5, 5.41) is 3.33. The summed E-state index contributed by atoms with van der Waals surface area (Å²) in [5.41, 5.74) is 0.981. The van der Waals surface area contributed by atoms with Crippen LogP contribution in [0.2, 0.25) is 0 Å². The molecule has 6 nitrogen and oxygen atoms in total. The molecule has 0 bridgehead atoms. The first-order valence-electron chi connectivity index (χ1n) is 7.25. The van der Waals surface area contributed by atoms with Gasteiger partial charge in [0.2, 0.25) is 0 Å². The summed E-state index contributed by atoms with van der Waals surface area (Å²) in [4.78, 5) is 6.06. The largest absolute Gasteiger partial charge is 0.313 e. The van der Waals surface area contributed by atoms with Crippen LogP contribution in [0.5, 0.6) is 0 Å². The molecule has 21 heavy (non-hydrogen) atoms. The van der Waals surface area contributed by atoms with Gasteiger partial charge < -0.3 is 10.2 Å². The van der Waals surface area contributed by atoms with E-state index in [1.807, 2.05) is 19.0 Å². The Labute approximate surface area is 128 Å². The molecule has 1 aromatic rings. The Morgan fingerprint density at radius 3 is 2.57 bits per heavy atom. The molecule has 0 aromatic carbocycles. The van der Waals surface area contributed by atoms with Gasteiger partial charge in [-0.25, -0.2) is 18.1 Å². The molecule has 1 heterocycles. The van der Waals surface area contributed by atoms with Gasteiger partial charge in [-0.15, -0.1) is 0 Å². The van der Waals surface area contributed by atoms with E-state index in [0.717, 1.165) is 31.5 Å². The smallest absolute Gasteiger partial charge is 0.258 e. The van der Waals surface area contributed by atoms with Crippen LogP contribution in [-0.4, -0.2) is 52.0 Å². The van der Waals surface area contributed by atoms with Crippen LogP contribution in [0.15, 0.2) is 23.4 Å². The average molecular weight is 314 g/mol. The summed E-state index contributed by atoms with van der Waals surface area (Å²) in [6, 6.07) is 3.35. The Kier molecular flexibility index (Phi) is 7.81. The van der Waals surface area contributed by atoms with Crippen LogP contribution in [0.1, 0.15) is 25.3 Å². The Hall–Kier alpha value is -1.02. The zero-order chi connectivity index (χ0) is 15.7. The number of pyridine rings is 1. The number of hydrogen-bond donors (Lipinski definition) is 2. The number of sulfonamides is 1. The number of hydrogen-bond acceptors (Lipinski definition) is 5. The van der Waals surface area contributed by atoms with Crippen molar-refractivity contribution >= 4 is 10.0 Å². The van der Waals surface area contributed by atoms with Crippen LogP contribution >= 0.6 is 0 Å². The predicted molar refractivity (Wildman–Crippen MR) is 84.6 cm³/mol. The topological polar surface area (TPSA) is 74.3 Å². The van der Waals surface area contributed by atoms with E-state index in [1.165, 1.54) is 0 Å². The fourth-order valence-electron chi connectivity index (χ4n) is 1.76. The summed E-state index contributed by atoms with van der Waals surface area (Å²) >= 11 is 0. The Morgan fingerprint density at radius 1 is 1.24 bits per heavy atom. The Bertz CT molecular complexity index is 500. The van der Waals surface area contributed by atoms with E-state index in [4.69, 9.17) is 0 Å². The average Bonchev–Trinajstić information content (AvgIpc) is 2.44. The molecule has 0 saturated heterocycles. The summed E-state index contributed by atoms with van der Waals surface area (Å²) in [5.74, 6) is 0. The summed E-state index contributed by atoms with van der Waals surface area (Å²) in [6.45, 7) is 5.01. The van der Waals surface area contributed by atoms with Gasteiger partial charge in [-0.3, -0.25) is 0 Å². The van der Waals surface area contributed by atoms with E-state index in [-0.39, 0.29) is 5.03 Å². The molecular weight excluding hydrogens is 288 g/mol. The fraction of sp³-hybridized carbons (Fsp3) is 0.643. The van der Waals surface area contributed by atoms with Crippen molar-refractivity contribution < 1.29 is 8.42 Å². The van der Waals surface area contributed by atoms with Gasteiger partial charge in [0.05, 0.1) is 0 Å². The first kappa shape index (κ1) is 18.0. The van der Waals surface area contributed by atoms with Crippen molar-refractivity contribution in [2.45, 2.75) is 31.3 Å². The number of rotatable bonds is 10. The lowest BCUT2D eigenvalue weighted by molar-refractivity contribution is 0.400. The maximum absolute atomic E-state index is 12.0. The standard InChI is InChI=1S/C14H26N4O2S/c1-4-8-15-11-13-6-7-14(16-12-13)21(19,20)17-9-5-10-18(2)3/h6-7,12,15,17H,4-5,8-11H2,1-3H3. The van der Waals surface area contributed by atoms with Gasteiger partial charge in [-0.1, -0.05) is 13.0 Å². The van der Waals surface area contributed by atoms with E-state index < -0.39 is 10.0 Å². The minimum absolute atomic E-state index is 0.0756.